The van der Waals surface area contributed by atoms with Gasteiger partial charge in [-0.25, -0.2) is 4.98 Å². The van der Waals surface area contributed by atoms with Crippen LogP contribution in [0.3, 0.4) is 0 Å². The lowest BCUT2D eigenvalue weighted by atomic mass is 10.0. The minimum absolute atomic E-state index is 0.218. The molecule has 1 aromatic carbocycles. The lowest BCUT2D eigenvalue weighted by Crippen LogP contribution is -2.08. The summed E-state index contributed by atoms with van der Waals surface area (Å²) in [6.07, 6.45) is 3.20. The lowest BCUT2D eigenvalue weighted by Gasteiger charge is -2.09. The van der Waals surface area contributed by atoms with Gasteiger partial charge in [0.1, 0.15) is 17.1 Å². The minimum atomic E-state index is -0.218. The number of rotatable bonds is 4. The van der Waals surface area contributed by atoms with Gasteiger partial charge in [-0.15, -0.1) is 11.3 Å². The quantitative estimate of drug-likeness (QED) is 0.706. The molecule has 3 rings (SSSR count). The Kier molecular flexibility index (Phi) is 4.40. The Hall–Kier alpha value is -2.60. The van der Waals surface area contributed by atoms with E-state index in [2.05, 4.69) is 10.3 Å². The molecule has 2 heterocycles. The molecule has 0 unspecified atom stereocenters. The van der Waals surface area contributed by atoms with Crippen molar-refractivity contribution < 1.29 is 13.9 Å². The van der Waals surface area contributed by atoms with Crippen molar-refractivity contribution in [3.05, 3.63) is 46.7 Å². The fraction of sp³-hybridized carbons (Fsp3) is 0.222. The van der Waals surface area contributed by atoms with Gasteiger partial charge in [0.2, 0.25) is 5.91 Å². The maximum absolute atomic E-state index is 12.1. The van der Waals surface area contributed by atoms with Gasteiger partial charge in [-0.05, 0) is 38.0 Å². The molecule has 0 spiro atoms. The smallest absolute Gasteiger partial charge is 0.250 e. The number of amides is 1. The van der Waals surface area contributed by atoms with E-state index in [0.29, 0.717) is 10.9 Å². The first-order chi connectivity index (χ1) is 11.5. The fourth-order valence-electron chi connectivity index (χ4n) is 2.55. The summed E-state index contributed by atoms with van der Waals surface area (Å²) in [6.45, 7) is 5.84. The van der Waals surface area contributed by atoms with Gasteiger partial charge >= 0.3 is 0 Å². The number of thiazole rings is 1. The van der Waals surface area contributed by atoms with Crippen LogP contribution in [-0.4, -0.2) is 18.0 Å². The number of carbonyl (C=O) groups excluding carboxylic acids is 1. The number of fused-ring (bicyclic) bond motifs is 1. The number of methoxy groups -OCH3 is 1. The molecule has 1 N–H and O–H groups in total. The van der Waals surface area contributed by atoms with E-state index in [-0.39, 0.29) is 5.91 Å². The Bertz CT molecular complexity index is 924. The van der Waals surface area contributed by atoms with Gasteiger partial charge in [-0.3, -0.25) is 10.1 Å². The number of allylic oxidation sites excluding steroid dienone is 1. The highest BCUT2D eigenvalue weighted by Crippen LogP contribution is 2.34. The van der Waals surface area contributed by atoms with E-state index in [9.17, 15) is 4.79 Å². The number of aromatic nitrogens is 1. The van der Waals surface area contributed by atoms with E-state index >= 15 is 0 Å². The van der Waals surface area contributed by atoms with Crippen LogP contribution in [0.15, 0.2) is 34.2 Å². The fourth-order valence-corrected chi connectivity index (χ4v) is 3.08. The second kappa shape index (κ2) is 6.49. The van der Waals surface area contributed by atoms with Gasteiger partial charge in [0.05, 0.1) is 7.11 Å². The van der Waals surface area contributed by atoms with Crippen LogP contribution in [0.5, 0.6) is 5.75 Å². The molecular formula is C18H18N2O3S. The minimum Gasteiger partial charge on any atom is -0.496 e. The van der Waals surface area contributed by atoms with Crippen molar-refractivity contribution in [2.24, 2.45) is 0 Å². The standard InChI is InChI=1S/C18H18N2O3S/c1-10(7-17(21)20-18-19-5-6-24-18)13-8-14-11(2)12(3)23-16(14)9-15(13)22-4/h5-9H,1-4H3,(H,19,20,21)/b10-7+. The molecule has 0 bridgehead atoms. The summed E-state index contributed by atoms with van der Waals surface area (Å²) in [4.78, 5) is 16.2. The topological polar surface area (TPSA) is 64.4 Å². The van der Waals surface area contributed by atoms with E-state index in [4.69, 9.17) is 9.15 Å². The molecule has 0 fully saturated rings. The van der Waals surface area contributed by atoms with Crippen LogP contribution in [0.1, 0.15) is 23.8 Å². The number of nitrogens with zero attached hydrogens (tertiary/aromatic N) is 1. The van der Waals surface area contributed by atoms with Crippen molar-refractivity contribution in [1.82, 2.24) is 4.98 Å². The predicted molar refractivity (Wildman–Crippen MR) is 96.6 cm³/mol. The molecule has 0 saturated carbocycles. The van der Waals surface area contributed by atoms with Crippen LogP contribution < -0.4 is 10.1 Å². The average molecular weight is 342 g/mol. The zero-order valence-corrected chi connectivity index (χ0v) is 14.8. The zero-order chi connectivity index (χ0) is 17.3. The summed E-state index contributed by atoms with van der Waals surface area (Å²) in [7, 11) is 1.61. The third-order valence-corrected chi connectivity index (χ3v) is 4.62. The van der Waals surface area contributed by atoms with E-state index in [1.165, 1.54) is 11.3 Å². The molecule has 0 aliphatic rings. The maximum Gasteiger partial charge on any atom is 0.250 e. The summed E-state index contributed by atoms with van der Waals surface area (Å²) in [6, 6.07) is 3.86. The Labute approximate surface area is 144 Å². The van der Waals surface area contributed by atoms with E-state index < -0.39 is 0 Å². The van der Waals surface area contributed by atoms with Crippen LogP contribution >= 0.6 is 11.3 Å². The van der Waals surface area contributed by atoms with Crippen molar-refractivity contribution >= 4 is 38.9 Å². The summed E-state index contributed by atoms with van der Waals surface area (Å²) in [5.41, 5.74) is 3.55. The second-order valence-corrected chi connectivity index (χ2v) is 6.38. The lowest BCUT2D eigenvalue weighted by molar-refractivity contribution is -0.111. The number of ether oxygens (including phenoxy) is 1. The molecule has 3 aromatic rings. The number of nitrogens with one attached hydrogen (secondary N) is 1. The summed E-state index contributed by atoms with van der Waals surface area (Å²) in [5, 5.41) is 6.16. The van der Waals surface area contributed by atoms with Gasteiger partial charge < -0.3 is 9.15 Å². The molecule has 124 valence electrons. The number of benzene rings is 1. The largest absolute Gasteiger partial charge is 0.496 e. The molecule has 0 aliphatic heterocycles. The summed E-state index contributed by atoms with van der Waals surface area (Å²) in [5.74, 6) is 1.34. The number of carbonyl (C=O) groups is 1. The molecule has 0 aliphatic carbocycles. The van der Waals surface area contributed by atoms with Crippen LogP contribution in [0.2, 0.25) is 0 Å². The van der Waals surface area contributed by atoms with E-state index in [1.807, 2.05) is 38.3 Å². The monoisotopic (exact) mass is 342 g/mol. The molecule has 0 radical (unpaired) electrons. The van der Waals surface area contributed by atoms with E-state index in [1.54, 1.807) is 19.4 Å². The molecule has 0 atom stereocenters. The van der Waals surface area contributed by atoms with Gasteiger partial charge in [-0.1, -0.05) is 0 Å². The van der Waals surface area contributed by atoms with Gasteiger partial charge in [-0.2, -0.15) is 0 Å². The van der Waals surface area contributed by atoms with Crippen LogP contribution in [0.25, 0.3) is 16.5 Å². The first kappa shape index (κ1) is 16.3. The SMILES string of the molecule is COc1cc2oc(C)c(C)c2cc1/C(C)=C/C(=O)Nc1nccs1. The van der Waals surface area contributed by atoms with Crippen molar-refractivity contribution in [3.8, 4) is 5.75 Å². The molecule has 5 nitrogen and oxygen atoms in total. The Morgan fingerprint density at radius 2 is 2.17 bits per heavy atom. The Morgan fingerprint density at radius 3 is 2.83 bits per heavy atom. The third kappa shape index (κ3) is 3.05. The predicted octanol–water partition coefficient (Wildman–Crippen LogP) is 4.56. The van der Waals surface area contributed by atoms with Crippen molar-refractivity contribution in [1.29, 1.82) is 0 Å². The molecule has 6 heteroatoms. The third-order valence-electron chi connectivity index (χ3n) is 3.93. The summed E-state index contributed by atoms with van der Waals surface area (Å²) >= 11 is 1.38. The first-order valence-corrected chi connectivity index (χ1v) is 8.34. The molecule has 24 heavy (non-hydrogen) atoms. The van der Waals surface area contributed by atoms with E-state index in [0.717, 1.165) is 33.4 Å². The second-order valence-electron chi connectivity index (χ2n) is 5.49. The normalized spacial score (nSPS) is 11.8. The van der Waals surface area contributed by atoms with Crippen molar-refractivity contribution in [2.75, 3.05) is 12.4 Å². The molecule has 2 aromatic heterocycles. The van der Waals surface area contributed by atoms with Crippen LogP contribution in [-0.2, 0) is 4.79 Å². The van der Waals surface area contributed by atoms with Gasteiger partial charge in [0.25, 0.3) is 0 Å². The highest BCUT2D eigenvalue weighted by atomic mass is 32.1. The maximum atomic E-state index is 12.1. The molecule has 1 amide bonds. The van der Waals surface area contributed by atoms with Gasteiger partial charge in [0.15, 0.2) is 5.13 Å². The Balaban J connectivity index is 1.98. The zero-order valence-electron chi connectivity index (χ0n) is 14.0. The number of aryl methyl sites for hydroxylation is 2. The molecule has 0 saturated heterocycles. The number of hydrogen-bond donors (Lipinski definition) is 1. The summed E-state index contributed by atoms with van der Waals surface area (Å²) < 4.78 is 11.2. The van der Waals surface area contributed by atoms with Crippen LogP contribution in [0.4, 0.5) is 5.13 Å². The van der Waals surface area contributed by atoms with Crippen LogP contribution in [0, 0.1) is 13.8 Å². The average Bonchev–Trinajstić information content (AvgIpc) is 3.14. The molecular weight excluding hydrogens is 324 g/mol. The Morgan fingerprint density at radius 1 is 1.38 bits per heavy atom. The first-order valence-electron chi connectivity index (χ1n) is 7.46. The van der Waals surface area contributed by atoms with Crippen molar-refractivity contribution in [2.45, 2.75) is 20.8 Å². The number of hydrogen-bond acceptors (Lipinski definition) is 5. The van der Waals surface area contributed by atoms with Crippen molar-refractivity contribution in [3.63, 3.8) is 0 Å². The number of furan rings is 1. The highest BCUT2D eigenvalue weighted by Gasteiger charge is 2.14. The highest BCUT2D eigenvalue weighted by molar-refractivity contribution is 7.13. The number of anilines is 1. The van der Waals surface area contributed by atoms with Gasteiger partial charge in [0, 0.05) is 34.7 Å².